The van der Waals surface area contributed by atoms with Crippen LogP contribution < -0.4 is 9.88 Å². The molecule has 1 fully saturated rings. The minimum atomic E-state index is -3.53. The van der Waals surface area contributed by atoms with E-state index in [0.717, 1.165) is 25.3 Å². The lowest BCUT2D eigenvalue weighted by Gasteiger charge is -2.30. The molecule has 23 heavy (non-hydrogen) atoms. The van der Waals surface area contributed by atoms with Crippen LogP contribution >= 0.6 is 0 Å². The summed E-state index contributed by atoms with van der Waals surface area (Å²) in [6, 6.07) is 11.0. The molecule has 3 rings (SSSR count). The van der Waals surface area contributed by atoms with Crippen LogP contribution in [0, 0.1) is 5.82 Å². The van der Waals surface area contributed by atoms with Crippen LogP contribution in [0.5, 0.6) is 0 Å². The molecule has 5 nitrogen and oxygen atoms in total. The van der Waals surface area contributed by atoms with Crippen molar-refractivity contribution in [3.63, 3.8) is 0 Å². The molecule has 7 heteroatoms. The second-order valence-electron chi connectivity index (χ2n) is 5.67. The van der Waals surface area contributed by atoms with Crippen molar-refractivity contribution in [3.8, 4) is 0 Å². The molecule has 1 aliphatic rings. The second-order valence-corrected chi connectivity index (χ2v) is 7.61. The minimum absolute atomic E-state index is 0.152. The highest BCUT2D eigenvalue weighted by atomic mass is 32.2. The van der Waals surface area contributed by atoms with Crippen molar-refractivity contribution in [2.45, 2.75) is 11.4 Å². The number of H-pyrrole nitrogens is 1. The number of aromatic amines is 1. The standard InChI is InChI=1S/C16H18FN3O2S/c17-14-4-6-16(7-5-14)23(21,22)20-11-9-19(10-12-20)13-15-3-1-2-8-18-15/h1-8H,9-13H2/p+2. The fourth-order valence-electron chi connectivity index (χ4n) is 2.79. The SMILES string of the molecule is O=S(=O)(c1ccc(F)cc1)N1CC[NH+](Cc2cccc[nH+]2)CC1. The van der Waals surface area contributed by atoms with Gasteiger partial charge in [-0.05, 0) is 30.3 Å². The summed E-state index contributed by atoms with van der Waals surface area (Å²) in [5, 5.41) is 0. The third kappa shape index (κ3) is 3.74. The molecule has 0 amide bonds. The Balaban J connectivity index is 1.63. The molecule has 0 radical (unpaired) electrons. The Kier molecular flexibility index (Phi) is 4.70. The van der Waals surface area contributed by atoms with Gasteiger partial charge in [-0.2, -0.15) is 4.31 Å². The molecular weight excluding hydrogens is 317 g/mol. The summed E-state index contributed by atoms with van der Waals surface area (Å²) in [5.74, 6) is -0.433. The first-order chi connectivity index (χ1) is 11.1. The van der Waals surface area contributed by atoms with Crippen molar-refractivity contribution in [3.05, 3.63) is 60.2 Å². The van der Waals surface area contributed by atoms with E-state index in [1.807, 2.05) is 24.4 Å². The first kappa shape index (κ1) is 16.0. The van der Waals surface area contributed by atoms with Crippen LogP contribution in [0.2, 0.25) is 0 Å². The molecule has 1 saturated heterocycles. The summed E-state index contributed by atoms with van der Waals surface area (Å²) in [6.45, 7) is 3.31. The maximum Gasteiger partial charge on any atom is 0.243 e. The van der Waals surface area contributed by atoms with E-state index in [-0.39, 0.29) is 4.90 Å². The highest BCUT2D eigenvalue weighted by Crippen LogP contribution is 2.16. The summed E-state index contributed by atoms with van der Waals surface area (Å²) in [7, 11) is -3.53. The molecule has 2 heterocycles. The summed E-state index contributed by atoms with van der Waals surface area (Å²) in [4.78, 5) is 4.70. The van der Waals surface area contributed by atoms with Gasteiger partial charge in [0.25, 0.3) is 0 Å². The minimum Gasteiger partial charge on any atom is -0.324 e. The Hall–Kier alpha value is -1.83. The molecule has 0 saturated carbocycles. The topological polar surface area (TPSA) is 56.0 Å². The second kappa shape index (κ2) is 6.74. The number of nitrogens with zero attached hydrogens (tertiary/aromatic N) is 1. The molecule has 2 N–H and O–H groups in total. The van der Waals surface area contributed by atoms with Crippen molar-refractivity contribution < 1.29 is 22.7 Å². The van der Waals surface area contributed by atoms with Crippen LogP contribution in [-0.4, -0.2) is 38.9 Å². The molecule has 0 spiro atoms. The van der Waals surface area contributed by atoms with Crippen LogP contribution in [0.4, 0.5) is 4.39 Å². The van der Waals surface area contributed by atoms with Crippen LogP contribution in [0.15, 0.2) is 53.6 Å². The Bertz CT molecular complexity index is 743. The smallest absolute Gasteiger partial charge is 0.243 e. The van der Waals surface area contributed by atoms with Gasteiger partial charge < -0.3 is 4.90 Å². The number of aromatic nitrogens is 1. The van der Waals surface area contributed by atoms with Gasteiger partial charge in [0.15, 0.2) is 12.7 Å². The lowest BCUT2D eigenvalue weighted by atomic mass is 10.3. The number of sulfonamides is 1. The van der Waals surface area contributed by atoms with E-state index in [4.69, 9.17) is 0 Å². The van der Waals surface area contributed by atoms with Crippen molar-refractivity contribution in [2.75, 3.05) is 26.2 Å². The molecule has 0 atom stereocenters. The zero-order valence-corrected chi connectivity index (χ0v) is 13.5. The third-order valence-corrected chi connectivity index (χ3v) is 6.01. The number of halogens is 1. The monoisotopic (exact) mass is 337 g/mol. The van der Waals surface area contributed by atoms with Crippen LogP contribution in [0.25, 0.3) is 0 Å². The van der Waals surface area contributed by atoms with Crippen molar-refractivity contribution >= 4 is 10.0 Å². The molecule has 1 aromatic heterocycles. The van der Waals surface area contributed by atoms with E-state index >= 15 is 0 Å². The van der Waals surface area contributed by atoms with E-state index < -0.39 is 15.8 Å². The van der Waals surface area contributed by atoms with Crippen molar-refractivity contribution in [1.82, 2.24) is 4.31 Å². The normalized spacial score (nSPS) is 17.3. The number of nitrogens with one attached hydrogen (secondary N) is 2. The van der Waals surface area contributed by atoms with Gasteiger partial charge in [-0.25, -0.2) is 17.8 Å². The number of benzene rings is 1. The van der Waals surface area contributed by atoms with E-state index in [1.165, 1.54) is 33.5 Å². The molecular formula is C16H20FN3O2S+2. The first-order valence-corrected chi connectivity index (χ1v) is 9.04. The van der Waals surface area contributed by atoms with Crippen molar-refractivity contribution in [1.29, 1.82) is 0 Å². The van der Waals surface area contributed by atoms with E-state index in [9.17, 15) is 12.8 Å². The molecule has 0 aliphatic carbocycles. The van der Waals surface area contributed by atoms with Gasteiger partial charge in [0.1, 0.15) is 5.82 Å². The quantitative estimate of drug-likeness (QED) is 0.835. The largest absolute Gasteiger partial charge is 0.324 e. The average Bonchev–Trinajstić information content (AvgIpc) is 2.57. The molecule has 0 bridgehead atoms. The molecule has 2 aromatic rings. The fraction of sp³-hybridized carbons (Fsp3) is 0.312. The molecule has 1 aliphatic heterocycles. The van der Waals surface area contributed by atoms with Gasteiger partial charge >= 0.3 is 0 Å². The number of quaternary nitrogens is 1. The predicted molar refractivity (Wildman–Crippen MR) is 82.6 cm³/mol. The summed E-state index contributed by atoms with van der Waals surface area (Å²) in [6.07, 6.45) is 1.89. The van der Waals surface area contributed by atoms with Gasteiger partial charge in [-0.15, -0.1) is 0 Å². The van der Waals surface area contributed by atoms with E-state index in [1.54, 1.807) is 0 Å². The maximum atomic E-state index is 13.0. The Morgan fingerprint density at radius 3 is 2.39 bits per heavy atom. The van der Waals surface area contributed by atoms with Gasteiger partial charge in [0.2, 0.25) is 15.7 Å². The van der Waals surface area contributed by atoms with Gasteiger partial charge in [-0.3, -0.25) is 0 Å². The summed E-state index contributed by atoms with van der Waals surface area (Å²) < 4.78 is 39.5. The third-order valence-electron chi connectivity index (χ3n) is 4.09. The first-order valence-electron chi connectivity index (χ1n) is 7.60. The van der Waals surface area contributed by atoms with Gasteiger partial charge in [-0.1, -0.05) is 0 Å². The van der Waals surface area contributed by atoms with E-state index in [0.29, 0.717) is 13.1 Å². The number of hydrogen-bond donors (Lipinski definition) is 1. The number of pyridine rings is 1. The Morgan fingerprint density at radius 2 is 1.78 bits per heavy atom. The van der Waals surface area contributed by atoms with Crippen LogP contribution in [-0.2, 0) is 16.6 Å². The van der Waals surface area contributed by atoms with Crippen LogP contribution in [0.1, 0.15) is 5.69 Å². The van der Waals surface area contributed by atoms with Crippen LogP contribution in [0.3, 0.4) is 0 Å². The lowest BCUT2D eigenvalue weighted by molar-refractivity contribution is -0.921. The van der Waals surface area contributed by atoms with E-state index in [2.05, 4.69) is 4.98 Å². The van der Waals surface area contributed by atoms with Crippen molar-refractivity contribution in [2.24, 2.45) is 0 Å². The highest BCUT2D eigenvalue weighted by molar-refractivity contribution is 7.89. The zero-order valence-electron chi connectivity index (χ0n) is 12.7. The molecule has 1 aromatic carbocycles. The Morgan fingerprint density at radius 1 is 1.09 bits per heavy atom. The number of rotatable bonds is 4. The highest BCUT2D eigenvalue weighted by Gasteiger charge is 2.30. The van der Waals surface area contributed by atoms with Gasteiger partial charge in [0, 0.05) is 12.1 Å². The average molecular weight is 337 g/mol. The van der Waals surface area contributed by atoms with Gasteiger partial charge in [0.05, 0.1) is 31.1 Å². The zero-order chi connectivity index (χ0) is 16.3. The predicted octanol–water partition coefficient (Wildman–Crippen LogP) is -0.271. The Labute approximate surface area is 135 Å². The number of piperazine rings is 1. The fourth-order valence-corrected chi connectivity index (χ4v) is 4.23. The molecule has 122 valence electrons. The summed E-state index contributed by atoms with van der Waals surface area (Å²) >= 11 is 0. The summed E-state index contributed by atoms with van der Waals surface area (Å²) in [5.41, 5.74) is 1.14. The maximum absolute atomic E-state index is 13.0. The lowest BCUT2D eigenvalue weighted by Crippen LogP contribution is -3.13. The molecule has 0 unspecified atom stereocenters. The number of hydrogen-bond acceptors (Lipinski definition) is 2.